The third kappa shape index (κ3) is 12.4. The summed E-state index contributed by atoms with van der Waals surface area (Å²) in [6.07, 6.45) is -15.9. The summed E-state index contributed by atoms with van der Waals surface area (Å²) in [6, 6.07) is 0. The van der Waals surface area contributed by atoms with E-state index in [2.05, 4.69) is 5.32 Å². The Bertz CT molecular complexity index is 1680. The summed E-state index contributed by atoms with van der Waals surface area (Å²) in [5, 5.41) is 13.8. The Morgan fingerprint density at radius 2 is 1.14 bits per heavy atom. The second-order valence-corrected chi connectivity index (χ2v) is 13.2. The van der Waals surface area contributed by atoms with Crippen molar-refractivity contribution < 1.29 is 90.6 Å². The first kappa shape index (κ1) is 46.2. The molecule has 23 nitrogen and oxygen atoms in total. The van der Waals surface area contributed by atoms with Crippen molar-refractivity contribution in [2.45, 2.75) is 122 Å². The van der Waals surface area contributed by atoms with Crippen molar-refractivity contribution in [3.05, 3.63) is 32.9 Å². The van der Waals surface area contributed by atoms with Crippen LogP contribution in [0.2, 0.25) is 0 Å². The van der Waals surface area contributed by atoms with E-state index in [1.807, 2.05) is 0 Å². The topological polar surface area (TPSA) is 310 Å². The summed E-state index contributed by atoms with van der Waals surface area (Å²) in [5.41, 5.74) is 3.20. The summed E-state index contributed by atoms with van der Waals surface area (Å²) >= 11 is 5.97. The zero-order valence-corrected chi connectivity index (χ0v) is 32.4. The highest BCUT2D eigenvalue weighted by Gasteiger charge is 2.58. The van der Waals surface area contributed by atoms with E-state index in [1.54, 1.807) is 0 Å². The van der Waals surface area contributed by atoms with Crippen LogP contribution in [0, 0.1) is 10.1 Å². The quantitative estimate of drug-likeness (QED) is 0.0704. The largest absolute Gasteiger partial charge is 0.463 e. The molecule has 2 heterocycles. The third-order valence-electron chi connectivity index (χ3n) is 8.12. The fourth-order valence-electron chi connectivity index (χ4n) is 5.91. The average molecular weight is 836 g/mol. The van der Waals surface area contributed by atoms with Crippen molar-refractivity contribution in [1.29, 1.82) is 0 Å². The Morgan fingerprint density at radius 1 is 0.702 bits per heavy atom. The molecule has 0 spiro atoms. The number of carbonyl (C=O) groups excluding carboxylic acids is 8. The Kier molecular flexibility index (Phi) is 16.0. The van der Waals surface area contributed by atoms with Gasteiger partial charge in [-0.15, -0.1) is 0 Å². The van der Waals surface area contributed by atoms with E-state index in [0.717, 1.165) is 60.6 Å². The maximum Gasteiger partial charge on any atom is 0.312 e. The molecule has 1 amide bonds. The monoisotopic (exact) mass is 835 g/mol. The maximum atomic E-state index is 13.6. The average Bonchev–Trinajstić information content (AvgIpc) is 3.08. The van der Waals surface area contributed by atoms with Crippen LogP contribution in [0.5, 0.6) is 0 Å². The lowest BCUT2D eigenvalue weighted by Crippen LogP contribution is -2.69. The van der Waals surface area contributed by atoms with Crippen LogP contribution in [0.3, 0.4) is 0 Å². The first-order chi connectivity index (χ1) is 26.5. The van der Waals surface area contributed by atoms with Crippen LogP contribution >= 0.6 is 11.6 Å². The van der Waals surface area contributed by atoms with E-state index in [9.17, 15) is 48.5 Å². The molecule has 1 unspecified atom stereocenters. The number of rotatable bonds is 14. The number of halogens is 1. The van der Waals surface area contributed by atoms with Crippen LogP contribution in [-0.2, 0) is 85.7 Å². The summed E-state index contributed by atoms with van der Waals surface area (Å²) in [6.45, 7) is 5.60. The molecular weight excluding hydrogens is 794 g/mol. The second kappa shape index (κ2) is 19.8. The molecule has 11 atom stereocenters. The number of esters is 7. The predicted octanol–water partition coefficient (Wildman–Crippen LogP) is -0.893. The number of nitrogens with two attached hydrogens (primary N) is 1. The lowest BCUT2D eigenvalue weighted by molar-refractivity contribution is -0.555. The highest BCUT2D eigenvalue weighted by atomic mass is 35.5. The van der Waals surface area contributed by atoms with Gasteiger partial charge in [0.1, 0.15) is 36.6 Å². The number of hydrogen-bond acceptors (Lipinski definition) is 21. The number of hydrogen-bond donors (Lipinski definition) is 2. The summed E-state index contributed by atoms with van der Waals surface area (Å²) < 4.78 is 55.9. The summed E-state index contributed by atoms with van der Waals surface area (Å²) in [4.78, 5) is 110. The highest BCUT2D eigenvalue weighted by molar-refractivity contribution is 6.31. The van der Waals surface area contributed by atoms with Gasteiger partial charge in [-0.25, -0.2) is 0 Å². The first-order valence-corrected chi connectivity index (χ1v) is 17.3. The van der Waals surface area contributed by atoms with Crippen molar-refractivity contribution in [3.8, 4) is 0 Å². The van der Waals surface area contributed by atoms with E-state index in [-0.39, 0.29) is 10.6 Å². The van der Waals surface area contributed by atoms with Gasteiger partial charge in [-0.05, 0) is 6.08 Å². The molecule has 57 heavy (non-hydrogen) atoms. The van der Waals surface area contributed by atoms with Gasteiger partial charge in [-0.1, -0.05) is 17.7 Å². The fourth-order valence-corrected chi connectivity index (χ4v) is 6.11. The molecule has 2 saturated heterocycles. The molecule has 3 aliphatic rings. The fraction of sp³-hybridized carbons (Fsp3) is 0.636. The molecule has 0 bridgehead atoms. The van der Waals surface area contributed by atoms with Gasteiger partial charge in [-0.2, -0.15) is 0 Å². The lowest BCUT2D eigenvalue weighted by atomic mass is 9.93. The van der Waals surface area contributed by atoms with Gasteiger partial charge in [-0.3, -0.25) is 54.2 Å². The third-order valence-corrected chi connectivity index (χ3v) is 8.58. The molecule has 0 aromatic carbocycles. The number of nitrogens with zero attached hydrogens (tertiary/aromatic N) is 1. The van der Waals surface area contributed by atoms with Crippen LogP contribution in [-0.4, -0.2) is 133 Å². The molecule has 1 aliphatic carbocycles. The van der Waals surface area contributed by atoms with Crippen molar-refractivity contribution >= 4 is 59.3 Å². The van der Waals surface area contributed by atoms with Gasteiger partial charge in [0.05, 0.1) is 6.42 Å². The van der Waals surface area contributed by atoms with Crippen molar-refractivity contribution in [2.75, 3.05) is 13.2 Å². The molecule has 316 valence electrons. The van der Waals surface area contributed by atoms with Crippen LogP contribution in [0.1, 0.15) is 54.9 Å². The minimum Gasteiger partial charge on any atom is -0.463 e. The Labute approximate surface area is 328 Å². The van der Waals surface area contributed by atoms with Crippen LogP contribution < -0.4 is 11.1 Å². The number of amides is 1. The number of carbonyl (C=O) groups is 8. The molecule has 0 radical (unpaired) electrons. The molecule has 24 heteroatoms. The lowest BCUT2D eigenvalue weighted by Gasteiger charge is -2.48. The van der Waals surface area contributed by atoms with E-state index >= 15 is 0 Å². The molecule has 2 fully saturated rings. The van der Waals surface area contributed by atoms with Crippen LogP contribution in [0.15, 0.2) is 22.8 Å². The van der Waals surface area contributed by atoms with Crippen molar-refractivity contribution in [3.63, 3.8) is 0 Å². The molecule has 0 saturated carbocycles. The van der Waals surface area contributed by atoms with E-state index < -0.39 is 139 Å². The van der Waals surface area contributed by atoms with Crippen LogP contribution in [0.25, 0.3) is 0 Å². The summed E-state index contributed by atoms with van der Waals surface area (Å²) in [7, 11) is 0. The first-order valence-electron chi connectivity index (χ1n) is 16.9. The Morgan fingerprint density at radius 3 is 1.61 bits per heavy atom. The number of allylic oxidation sites excluding steroid dienone is 2. The Hall–Kier alpha value is -5.23. The SMILES string of the molecule is CC(=O)OC[C@H]1O[C@@H](NC(=O)C2=CC=C(Cl)C(N)([N+](=O)[O-])C2)[C@H](OC(C)=O)[C@@H](OC(C)=O)[C@@H]1O[C@H]1O[C@H](COC(C)=O)[C@@H](OC(C)=O)[C@H](OC(C)=O)[C@H]1OC(C)=O. The van der Waals surface area contributed by atoms with Gasteiger partial charge in [0, 0.05) is 59.0 Å². The zero-order valence-electron chi connectivity index (χ0n) is 31.6. The Balaban J connectivity index is 2.17. The zero-order chi connectivity index (χ0) is 42.9. The van der Waals surface area contributed by atoms with Gasteiger partial charge < -0.3 is 52.7 Å². The van der Waals surface area contributed by atoms with Gasteiger partial charge in [0.2, 0.25) is 5.91 Å². The minimum absolute atomic E-state index is 0.278. The van der Waals surface area contributed by atoms with E-state index in [0.29, 0.717) is 0 Å². The number of nitro groups is 1. The number of ether oxygens (including phenoxy) is 10. The van der Waals surface area contributed by atoms with E-state index in [4.69, 9.17) is 64.7 Å². The standard InChI is InChI=1S/C33H42ClN3O20/c1-13(38)48-11-21-25(57-32-29(54-19(7)44)27(52-17(5)42)24(50-15(3)40)22(56-32)12-49-14(2)39)26(51-16(4)41)28(53-18(6)43)31(55-21)36-30(45)20-8-9-23(34)33(35,10-20)37(46)47/h8-9,21-22,24-29,31-32H,10-12,35H2,1-7H3,(H,36,45)/t21-,22-,24-,25-,26+,27+,28-,29-,31-,32-,33?/m1/s1. The molecule has 0 aromatic rings. The molecule has 2 aliphatic heterocycles. The molecule has 3 rings (SSSR count). The number of nitrogens with one attached hydrogen (secondary N) is 1. The highest BCUT2D eigenvalue weighted by Crippen LogP contribution is 2.36. The minimum atomic E-state index is -2.38. The second-order valence-electron chi connectivity index (χ2n) is 12.8. The van der Waals surface area contributed by atoms with Gasteiger partial charge in [0.15, 0.2) is 43.0 Å². The predicted molar refractivity (Wildman–Crippen MR) is 182 cm³/mol. The van der Waals surface area contributed by atoms with Crippen molar-refractivity contribution in [1.82, 2.24) is 5.32 Å². The van der Waals surface area contributed by atoms with E-state index in [1.165, 1.54) is 0 Å². The summed E-state index contributed by atoms with van der Waals surface area (Å²) in [5.74, 6) is -7.59. The molecule has 3 N–H and O–H groups in total. The van der Waals surface area contributed by atoms with Gasteiger partial charge in [0.25, 0.3) is 0 Å². The van der Waals surface area contributed by atoms with Gasteiger partial charge >= 0.3 is 47.4 Å². The van der Waals surface area contributed by atoms with Crippen LogP contribution in [0.4, 0.5) is 0 Å². The normalized spacial score (nSPS) is 30.8. The molecule has 0 aromatic heterocycles. The maximum absolute atomic E-state index is 13.6. The molecular formula is C33H42ClN3O20. The smallest absolute Gasteiger partial charge is 0.312 e. The van der Waals surface area contributed by atoms with Crippen molar-refractivity contribution in [2.24, 2.45) is 5.73 Å².